The molecule has 0 atom stereocenters. The van der Waals surface area contributed by atoms with Gasteiger partial charge in [-0.2, -0.15) is 0 Å². The summed E-state index contributed by atoms with van der Waals surface area (Å²) < 4.78 is 0. The molecule has 0 radical (unpaired) electrons. The summed E-state index contributed by atoms with van der Waals surface area (Å²) in [5, 5.41) is 3.67. The van der Waals surface area contributed by atoms with Gasteiger partial charge in [-0.25, -0.2) is 0 Å². The van der Waals surface area contributed by atoms with E-state index in [0.29, 0.717) is 0 Å². The highest BCUT2D eigenvalue weighted by atomic mass is 35.5. The van der Waals surface area contributed by atoms with Crippen LogP contribution in [0.2, 0.25) is 0 Å². The lowest BCUT2D eigenvalue weighted by atomic mass is 9.95. The lowest BCUT2D eigenvalue weighted by molar-refractivity contribution is 0.345. The number of benzene rings is 1. The molecule has 2 heteroatoms. The zero-order chi connectivity index (χ0) is 13.3. The lowest BCUT2D eigenvalue weighted by Crippen LogP contribution is -2.38. The zero-order valence-electron chi connectivity index (χ0n) is 12.7. The van der Waals surface area contributed by atoms with E-state index < -0.39 is 0 Å². The van der Waals surface area contributed by atoms with Crippen molar-refractivity contribution in [1.29, 1.82) is 0 Å². The summed E-state index contributed by atoms with van der Waals surface area (Å²) in [5.41, 5.74) is 1.62. The second kappa shape index (κ2) is 10.3. The van der Waals surface area contributed by atoms with Crippen molar-refractivity contribution in [3.05, 3.63) is 35.9 Å². The molecule has 0 saturated carbocycles. The van der Waals surface area contributed by atoms with Crippen LogP contribution >= 0.6 is 12.4 Å². The van der Waals surface area contributed by atoms with Crippen LogP contribution < -0.4 is 5.32 Å². The van der Waals surface area contributed by atoms with Gasteiger partial charge in [-0.05, 0) is 25.8 Å². The molecule has 0 bridgehead atoms. The van der Waals surface area contributed by atoms with Crippen molar-refractivity contribution in [2.24, 2.45) is 0 Å². The van der Waals surface area contributed by atoms with Crippen LogP contribution in [0.3, 0.4) is 0 Å². The molecule has 0 spiro atoms. The fourth-order valence-corrected chi connectivity index (χ4v) is 2.20. The minimum absolute atomic E-state index is 0. The van der Waals surface area contributed by atoms with E-state index in [-0.39, 0.29) is 17.9 Å². The molecule has 0 unspecified atom stereocenters. The Morgan fingerprint density at radius 3 is 2.21 bits per heavy atom. The minimum atomic E-state index is 0. The van der Waals surface area contributed by atoms with Crippen LogP contribution in [0.15, 0.2) is 30.3 Å². The van der Waals surface area contributed by atoms with Crippen LogP contribution in [-0.4, -0.2) is 5.54 Å². The molecule has 0 saturated heterocycles. The highest BCUT2D eigenvalue weighted by molar-refractivity contribution is 5.85. The highest BCUT2D eigenvalue weighted by Gasteiger charge is 2.15. The van der Waals surface area contributed by atoms with Crippen LogP contribution in [0.25, 0.3) is 0 Å². The first-order valence-corrected chi connectivity index (χ1v) is 7.43. The molecule has 0 aromatic heterocycles. The summed E-state index contributed by atoms with van der Waals surface area (Å²) in [6, 6.07) is 10.7. The van der Waals surface area contributed by atoms with E-state index in [1.807, 2.05) is 0 Å². The number of halogens is 1. The zero-order valence-corrected chi connectivity index (χ0v) is 13.6. The summed E-state index contributed by atoms with van der Waals surface area (Å²) in [6.45, 7) is 7.87. The Labute approximate surface area is 125 Å². The molecule has 1 aromatic carbocycles. The predicted molar refractivity (Wildman–Crippen MR) is 88.0 cm³/mol. The molecular weight excluding hydrogens is 254 g/mol. The first kappa shape index (κ1) is 18.5. The lowest BCUT2D eigenvalue weighted by Gasteiger charge is -2.26. The van der Waals surface area contributed by atoms with Gasteiger partial charge in [-0.15, -0.1) is 12.4 Å². The highest BCUT2D eigenvalue weighted by Crippen LogP contribution is 2.16. The molecule has 0 amide bonds. The average molecular weight is 284 g/mol. The van der Waals surface area contributed by atoms with Gasteiger partial charge in [0.2, 0.25) is 0 Å². The second-order valence-electron chi connectivity index (χ2n) is 5.89. The number of rotatable bonds is 9. The molecule has 19 heavy (non-hydrogen) atoms. The van der Waals surface area contributed by atoms with Gasteiger partial charge in [0, 0.05) is 12.1 Å². The molecular formula is C17H30ClN. The summed E-state index contributed by atoms with van der Waals surface area (Å²) in [7, 11) is 0. The van der Waals surface area contributed by atoms with Crippen LogP contribution in [0.5, 0.6) is 0 Å². The monoisotopic (exact) mass is 283 g/mol. The SMILES string of the molecule is CCCCCCCC(C)(C)NCc1ccccc1.Cl. The van der Waals surface area contributed by atoms with Crippen molar-refractivity contribution in [3.63, 3.8) is 0 Å². The third-order valence-corrected chi connectivity index (χ3v) is 3.52. The van der Waals surface area contributed by atoms with Crippen molar-refractivity contribution in [1.82, 2.24) is 5.32 Å². The van der Waals surface area contributed by atoms with Gasteiger partial charge in [0.05, 0.1) is 0 Å². The Morgan fingerprint density at radius 2 is 1.58 bits per heavy atom. The van der Waals surface area contributed by atoms with Crippen molar-refractivity contribution in [3.8, 4) is 0 Å². The Hall–Kier alpha value is -0.530. The van der Waals surface area contributed by atoms with Crippen molar-refractivity contribution >= 4 is 12.4 Å². The largest absolute Gasteiger partial charge is 0.308 e. The molecule has 1 aromatic rings. The number of unbranched alkanes of at least 4 members (excludes halogenated alkanes) is 4. The third-order valence-electron chi connectivity index (χ3n) is 3.52. The van der Waals surface area contributed by atoms with Gasteiger partial charge in [0.15, 0.2) is 0 Å². The maximum Gasteiger partial charge on any atom is 0.0210 e. The molecule has 0 aliphatic carbocycles. The number of hydrogen-bond acceptors (Lipinski definition) is 1. The first-order valence-electron chi connectivity index (χ1n) is 7.43. The van der Waals surface area contributed by atoms with Crippen LogP contribution in [0, 0.1) is 0 Å². The standard InChI is InChI=1S/C17H29N.ClH/c1-4-5-6-7-11-14-17(2,3)18-15-16-12-9-8-10-13-16;/h8-10,12-13,18H,4-7,11,14-15H2,1-3H3;1H. The number of nitrogens with one attached hydrogen (secondary N) is 1. The smallest absolute Gasteiger partial charge is 0.0210 e. The van der Waals surface area contributed by atoms with E-state index in [1.165, 1.54) is 44.1 Å². The maximum absolute atomic E-state index is 3.67. The minimum Gasteiger partial charge on any atom is -0.308 e. The Morgan fingerprint density at radius 1 is 0.947 bits per heavy atom. The van der Waals surface area contributed by atoms with Crippen molar-refractivity contribution in [2.75, 3.05) is 0 Å². The molecule has 1 rings (SSSR count). The fourth-order valence-electron chi connectivity index (χ4n) is 2.20. The molecule has 0 aliphatic heterocycles. The van der Waals surface area contributed by atoms with E-state index in [1.54, 1.807) is 0 Å². The quantitative estimate of drug-likeness (QED) is 0.604. The van der Waals surface area contributed by atoms with Gasteiger partial charge < -0.3 is 5.32 Å². The summed E-state index contributed by atoms with van der Waals surface area (Å²) in [4.78, 5) is 0. The summed E-state index contributed by atoms with van der Waals surface area (Å²) in [5.74, 6) is 0. The van der Waals surface area contributed by atoms with E-state index in [0.717, 1.165) is 6.54 Å². The van der Waals surface area contributed by atoms with E-state index >= 15 is 0 Å². The normalized spacial score (nSPS) is 11.1. The van der Waals surface area contributed by atoms with Gasteiger partial charge in [-0.1, -0.05) is 69.4 Å². The van der Waals surface area contributed by atoms with E-state index in [4.69, 9.17) is 0 Å². The summed E-state index contributed by atoms with van der Waals surface area (Å²) in [6.07, 6.45) is 8.10. The maximum atomic E-state index is 3.67. The number of hydrogen-bond donors (Lipinski definition) is 1. The molecule has 1 N–H and O–H groups in total. The second-order valence-corrected chi connectivity index (χ2v) is 5.89. The van der Waals surface area contributed by atoms with E-state index in [9.17, 15) is 0 Å². The molecule has 0 fully saturated rings. The van der Waals surface area contributed by atoms with Crippen LogP contribution in [-0.2, 0) is 6.54 Å². The van der Waals surface area contributed by atoms with Gasteiger partial charge in [0.1, 0.15) is 0 Å². The van der Waals surface area contributed by atoms with Gasteiger partial charge in [0.25, 0.3) is 0 Å². The molecule has 0 heterocycles. The van der Waals surface area contributed by atoms with Gasteiger partial charge in [-0.3, -0.25) is 0 Å². The topological polar surface area (TPSA) is 12.0 Å². The predicted octanol–water partition coefficient (Wildman–Crippen LogP) is 5.34. The molecule has 0 aliphatic rings. The van der Waals surface area contributed by atoms with E-state index in [2.05, 4.69) is 56.4 Å². The summed E-state index contributed by atoms with van der Waals surface area (Å²) >= 11 is 0. The van der Waals surface area contributed by atoms with Crippen LogP contribution in [0.1, 0.15) is 64.9 Å². The van der Waals surface area contributed by atoms with Crippen molar-refractivity contribution < 1.29 is 0 Å². The first-order chi connectivity index (χ1) is 8.64. The Kier molecular flexibility index (Phi) is 9.99. The third kappa shape index (κ3) is 9.07. The fraction of sp³-hybridized carbons (Fsp3) is 0.647. The Bertz CT molecular complexity index is 308. The van der Waals surface area contributed by atoms with Gasteiger partial charge >= 0.3 is 0 Å². The van der Waals surface area contributed by atoms with Crippen molar-refractivity contribution in [2.45, 2.75) is 71.4 Å². The average Bonchev–Trinajstić information content (AvgIpc) is 2.38. The Balaban J connectivity index is 0.00000324. The molecule has 1 nitrogen and oxygen atoms in total. The molecule has 110 valence electrons. The van der Waals surface area contributed by atoms with Crippen LogP contribution in [0.4, 0.5) is 0 Å².